The lowest BCUT2D eigenvalue weighted by Gasteiger charge is -2.18. The van der Waals surface area contributed by atoms with Crippen molar-refractivity contribution < 1.29 is 13.5 Å². The van der Waals surface area contributed by atoms with E-state index in [1.54, 1.807) is 32.2 Å². The third-order valence-electron chi connectivity index (χ3n) is 3.60. The number of primary sulfonamides is 1. The fourth-order valence-corrected chi connectivity index (χ4v) is 4.54. The fraction of sp³-hybridized carbons (Fsp3) is 0.333. The van der Waals surface area contributed by atoms with Gasteiger partial charge in [-0.25, -0.2) is 18.5 Å². The second-order valence-electron chi connectivity index (χ2n) is 5.84. The van der Waals surface area contributed by atoms with Gasteiger partial charge in [-0.05, 0) is 70.3 Å². The first-order valence-corrected chi connectivity index (χ1v) is 10.7. The number of hydrogen-bond acceptors (Lipinski definition) is 7. The molecule has 0 bridgehead atoms. The van der Waals surface area contributed by atoms with Crippen LogP contribution >= 0.6 is 31.9 Å². The molecule has 2 aromatic rings. The molecule has 0 amide bonds. The number of benzene rings is 1. The highest BCUT2D eigenvalue weighted by atomic mass is 79.9. The number of nitrogens with two attached hydrogens (primary N) is 1. The molecule has 0 aliphatic rings. The number of anilines is 3. The van der Waals surface area contributed by atoms with Crippen LogP contribution in [0.5, 0.6) is 0 Å². The van der Waals surface area contributed by atoms with Gasteiger partial charge in [0.1, 0.15) is 5.82 Å². The molecular formula is C15H19Br2N5O3S. The Morgan fingerprint density at radius 2 is 1.88 bits per heavy atom. The number of hydrogen-bond donors (Lipinski definition) is 4. The molecule has 1 aromatic carbocycles. The van der Waals surface area contributed by atoms with Gasteiger partial charge in [0.25, 0.3) is 0 Å². The van der Waals surface area contributed by atoms with Gasteiger partial charge in [0.15, 0.2) is 0 Å². The molecule has 5 N–H and O–H groups in total. The molecule has 11 heteroatoms. The molecular weight excluding hydrogens is 490 g/mol. The maximum absolute atomic E-state index is 11.7. The van der Waals surface area contributed by atoms with Crippen LogP contribution in [0.15, 0.2) is 32.2 Å². The zero-order valence-electron chi connectivity index (χ0n) is 14.3. The number of rotatable bonds is 6. The summed E-state index contributed by atoms with van der Waals surface area (Å²) in [5.41, 5.74) is 1.08. The van der Waals surface area contributed by atoms with Gasteiger partial charge in [-0.2, -0.15) is 4.98 Å². The summed E-state index contributed by atoms with van der Waals surface area (Å²) in [5.74, 6) is 0.830. The van der Waals surface area contributed by atoms with Crippen molar-refractivity contribution >= 4 is 59.3 Å². The standard InChI is InChI=1S/C15H19Br2N5O3S/c1-7-4-10(5-11(16)13(7)26(18,24)25)21-15-19-6-12(17)14(22-15)20-8(2)9(3)23/h4-6,8-9,23H,1-3H3,(H2,18,24,25)(H2,19,20,21,22)/t8-,9-/m1/s1. The summed E-state index contributed by atoms with van der Waals surface area (Å²) in [6.45, 7) is 5.16. The van der Waals surface area contributed by atoms with Gasteiger partial charge in [-0.1, -0.05) is 0 Å². The zero-order valence-corrected chi connectivity index (χ0v) is 18.3. The molecule has 0 radical (unpaired) electrons. The number of aliphatic hydroxyl groups is 1. The molecule has 1 heterocycles. The third kappa shape index (κ3) is 5.13. The largest absolute Gasteiger partial charge is 0.391 e. The average Bonchev–Trinajstić information content (AvgIpc) is 2.48. The van der Waals surface area contributed by atoms with Crippen LogP contribution in [0.2, 0.25) is 0 Å². The second kappa shape index (κ2) is 8.17. The zero-order chi connectivity index (χ0) is 19.6. The van der Waals surface area contributed by atoms with Gasteiger partial charge in [-0.3, -0.25) is 0 Å². The highest BCUT2D eigenvalue weighted by Crippen LogP contribution is 2.30. The minimum absolute atomic E-state index is 0.0351. The van der Waals surface area contributed by atoms with Crippen molar-refractivity contribution in [3.8, 4) is 0 Å². The Morgan fingerprint density at radius 1 is 1.23 bits per heavy atom. The van der Waals surface area contributed by atoms with Crippen molar-refractivity contribution in [1.29, 1.82) is 0 Å². The maximum atomic E-state index is 11.7. The highest BCUT2D eigenvalue weighted by molar-refractivity contribution is 9.10. The van der Waals surface area contributed by atoms with Crippen LogP contribution in [0.4, 0.5) is 17.5 Å². The van der Waals surface area contributed by atoms with Crippen molar-refractivity contribution in [2.75, 3.05) is 10.6 Å². The SMILES string of the molecule is Cc1cc(Nc2ncc(Br)c(N[C@H](C)[C@@H](C)O)n2)cc(Br)c1S(N)(=O)=O. The quantitative estimate of drug-likeness (QED) is 0.471. The predicted molar refractivity (Wildman–Crippen MR) is 108 cm³/mol. The third-order valence-corrected chi connectivity index (χ3v) is 6.18. The number of aromatic nitrogens is 2. The van der Waals surface area contributed by atoms with Crippen LogP contribution in [0, 0.1) is 6.92 Å². The molecule has 8 nitrogen and oxygen atoms in total. The topological polar surface area (TPSA) is 130 Å². The first-order chi connectivity index (χ1) is 12.0. The van der Waals surface area contributed by atoms with Crippen molar-refractivity contribution in [3.63, 3.8) is 0 Å². The molecule has 2 atom stereocenters. The number of halogens is 2. The highest BCUT2D eigenvalue weighted by Gasteiger charge is 2.18. The molecule has 0 spiro atoms. The number of sulfonamides is 1. The Kier molecular flexibility index (Phi) is 6.61. The smallest absolute Gasteiger partial charge is 0.239 e. The van der Waals surface area contributed by atoms with E-state index in [-0.39, 0.29) is 10.9 Å². The van der Waals surface area contributed by atoms with E-state index in [0.29, 0.717) is 32.0 Å². The monoisotopic (exact) mass is 507 g/mol. The molecule has 0 saturated carbocycles. The van der Waals surface area contributed by atoms with Crippen molar-refractivity contribution in [3.05, 3.63) is 32.8 Å². The lowest BCUT2D eigenvalue weighted by molar-refractivity contribution is 0.177. The van der Waals surface area contributed by atoms with Crippen molar-refractivity contribution in [1.82, 2.24) is 9.97 Å². The van der Waals surface area contributed by atoms with Crippen molar-refractivity contribution in [2.24, 2.45) is 5.14 Å². The van der Waals surface area contributed by atoms with E-state index >= 15 is 0 Å². The van der Waals surface area contributed by atoms with E-state index in [0.717, 1.165) is 0 Å². The summed E-state index contributed by atoms with van der Waals surface area (Å²) in [6, 6.07) is 3.02. The molecule has 26 heavy (non-hydrogen) atoms. The van der Waals surface area contributed by atoms with Crippen LogP contribution in [0.25, 0.3) is 0 Å². The summed E-state index contributed by atoms with van der Waals surface area (Å²) < 4.78 is 24.3. The van der Waals surface area contributed by atoms with Gasteiger partial charge in [-0.15, -0.1) is 0 Å². The van der Waals surface area contributed by atoms with Gasteiger partial charge in [0.2, 0.25) is 16.0 Å². The molecule has 142 valence electrons. The first-order valence-electron chi connectivity index (χ1n) is 7.56. The van der Waals surface area contributed by atoms with E-state index in [9.17, 15) is 13.5 Å². The van der Waals surface area contributed by atoms with E-state index in [1.165, 1.54) is 0 Å². The maximum Gasteiger partial charge on any atom is 0.239 e. The summed E-state index contributed by atoms with van der Waals surface area (Å²) in [4.78, 5) is 8.59. The normalized spacial score (nSPS) is 14.0. The Labute approximate surface area is 168 Å². The summed E-state index contributed by atoms with van der Waals surface area (Å²) in [7, 11) is -3.83. The van der Waals surface area contributed by atoms with Crippen molar-refractivity contribution in [2.45, 2.75) is 37.8 Å². The molecule has 1 aromatic heterocycles. The van der Waals surface area contributed by atoms with Gasteiger partial charge in [0, 0.05) is 16.4 Å². The van der Waals surface area contributed by atoms with Crippen LogP contribution in [0.1, 0.15) is 19.4 Å². The summed E-state index contributed by atoms with van der Waals surface area (Å²) >= 11 is 6.60. The molecule has 0 aliphatic carbocycles. The van der Waals surface area contributed by atoms with E-state index in [4.69, 9.17) is 5.14 Å². The summed E-state index contributed by atoms with van der Waals surface area (Å²) in [6.07, 6.45) is 1.02. The van der Waals surface area contributed by atoms with E-state index < -0.39 is 16.1 Å². The Morgan fingerprint density at radius 3 is 2.42 bits per heavy atom. The molecule has 0 aliphatic heterocycles. The minimum atomic E-state index is -3.83. The Bertz CT molecular complexity index is 898. The van der Waals surface area contributed by atoms with Crippen LogP contribution in [-0.4, -0.2) is 35.6 Å². The lowest BCUT2D eigenvalue weighted by Crippen LogP contribution is -2.28. The number of nitrogens with zero attached hydrogens (tertiary/aromatic N) is 2. The van der Waals surface area contributed by atoms with Crippen LogP contribution in [0.3, 0.4) is 0 Å². The second-order valence-corrected chi connectivity index (χ2v) is 9.04. The number of aryl methyl sites for hydroxylation is 1. The lowest BCUT2D eigenvalue weighted by atomic mass is 10.2. The van der Waals surface area contributed by atoms with Gasteiger partial charge in [0.05, 0.1) is 21.5 Å². The first kappa shape index (κ1) is 21.0. The van der Waals surface area contributed by atoms with Gasteiger partial charge >= 0.3 is 0 Å². The van der Waals surface area contributed by atoms with Crippen LogP contribution in [-0.2, 0) is 10.0 Å². The van der Waals surface area contributed by atoms with E-state index in [2.05, 4.69) is 52.5 Å². The summed E-state index contributed by atoms with van der Waals surface area (Å²) in [5, 5.41) is 21.0. The molecule has 0 unspecified atom stereocenters. The van der Waals surface area contributed by atoms with Crippen LogP contribution < -0.4 is 15.8 Å². The van der Waals surface area contributed by atoms with Gasteiger partial charge < -0.3 is 15.7 Å². The minimum Gasteiger partial charge on any atom is -0.391 e. The fourth-order valence-electron chi connectivity index (χ4n) is 2.16. The molecule has 0 fully saturated rings. The Balaban J connectivity index is 2.32. The molecule has 2 rings (SSSR count). The molecule has 0 saturated heterocycles. The van der Waals surface area contributed by atoms with E-state index in [1.807, 2.05) is 6.92 Å². The number of aliphatic hydroxyl groups excluding tert-OH is 1. The average molecular weight is 509 g/mol. The number of nitrogens with one attached hydrogen (secondary N) is 2. The predicted octanol–water partition coefficient (Wildman–Crippen LogP) is 2.88. The Hall–Kier alpha value is -1.27.